The molecule has 1 aliphatic carbocycles. The minimum absolute atomic E-state index is 0.655. The molecule has 0 bridgehead atoms. The predicted octanol–water partition coefficient (Wildman–Crippen LogP) is 1.08. The summed E-state index contributed by atoms with van der Waals surface area (Å²) in [5, 5.41) is 6.71. The molecule has 130 valence electrons. The third-order valence-electron chi connectivity index (χ3n) is 3.65. The second kappa shape index (κ2) is 12.7. The lowest BCUT2D eigenvalue weighted by Crippen LogP contribution is -2.42. The van der Waals surface area contributed by atoms with E-state index in [1.165, 1.54) is 12.8 Å². The molecule has 6 heteroatoms. The van der Waals surface area contributed by atoms with Crippen molar-refractivity contribution < 1.29 is 9.47 Å². The average molecular weight is 314 g/mol. The van der Waals surface area contributed by atoms with Crippen molar-refractivity contribution in [3.63, 3.8) is 0 Å². The number of hydrogen-bond acceptors (Lipinski definition) is 4. The largest absolute Gasteiger partial charge is 0.382 e. The van der Waals surface area contributed by atoms with Crippen molar-refractivity contribution in [1.29, 1.82) is 0 Å². The van der Waals surface area contributed by atoms with Crippen LogP contribution in [0.4, 0.5) is 0 Å². The van der Waals surface area contributed by atoms with Crippen molar-refractivity contribution in [3.05, 3.63) is 0 Å². The topological polar surface area (TPSA) is 58.1 Å². The minimum atomic E-state index is 0.655. The fourth-order valence-corrected chi connectivity index (χ4v) is 2.30. The van der Waals surface area contributed by atoms with E-state index in [1.807, 2.05) is 0 Å². The fraction of sp³-hybridized carbons (Fsp3) is 0.938. The first-order valence-electron chi connectivity index (χ1n) is 8.64. The van der Waals surface area contributed by atoms with E-state index < -0.39 is 0 Å². The van der Waals surface area contributed by atoms with Crippen LogP contribution in [0.3, 0.4) is 0 Å². The van der Waals surface area contributed by atoms with Crippen molar-refractivity contribution in [1.82, 2.24) is 15.5 Å². The molecule has 22 heavy (non-hydrogen) atoms. The third-order valence-corrected chi connectivity index (χ3v) is 3.65. The van der Waals surface area contributed by atoms with E-state index in [9.17, 15) is 0 Å². The van der Waals surface area contributed by atoms with E-state index in [2.05, 4.69) is 34.4 Å². The van der Waals surface area contributed by atoms with Crippen molar-refractivity contribution in [2.24, 2.45) is 4.99 Å². The maximum Gasteiger partial charge on any atom is 0.191 e. The number of guanidine groups is 1. The number of rotatable bonds is 13. The normalized spacial score (nSPS) is 15.4. The van der Waals surface area contributed by atoms with E-state index in [4.69, 9.17) is 9.47 Å². The van der Waals surface area contributed by atoms with Gasteiger partial charge < -0.3 is 20.1 Å². The molecule has 0 unspecified atom stereocenters. The molecule has 0 amide bonds. The van der Waals surface area contributed by atoms with E-state index in [0.717, 1.165) is 57.8 Å². The van der Waals surface area contributed by atoms with Crippen LogP contribution in [0.25, 0.3) is 0 Å². The zero-order valence-corrected chi connectivity index (χ0v) is 14.6. The van der Waals surface area contributed by atoms with Gasteiger partial charge in [0.2, 0.25) is 0 Å². The van der Waals surface area contributed by atoms with Crippen molar-refractivity contribution in [2.75, 3.05) is 59.7 Å². The first-order valence-corrected chi connectivity index (χ1v) is 8.64. The predicted molar refractivity (Wildman–Crippen MR) is 91.6 cm³/mol. The van der Waals surface area contributed by atoms with Crippen LogP contribution < -0.4 is 10.6 Å². The lowest BCUT2D eigenvalue weighted by atomic mass is 10.4. The Balaban J connectivity index is 2.12. The molecule has 0 spiro atoms. The van der Waals surface area contributed by atoms with Gasteiger partial charge in [-0.05, 0) is 32.7 Å². The second-order valence-corrected chi connectivity index (χ2v) is 5.51. The van der Waals surface area contributed by atoms with Gasteiger partial charge >= 0.3 is 0 Å². The van der Waals surface area contributed by atoms with Gasteiger partial charge in [-0.15, -0.1) is 0 Å². The number of methoxy groups -OCH3 is 1. The lowest BCUT2D eigenvalue weighted by Gasteiger charge is -2.20. The smallest absolute Gasteiger partial charge is 0.191 e. The van der Waals surface area contributed by atoms with Gasteiger partial charge in [-0.2, -0.15) is 0 Å². The quantitative estimate of drug-likeness (QED) is 0.303. The molecule has 6 nitrogen and oxygen atoms in total. The molecule has 0 aliphatic heterocycles. The molecule has 1 saturated carbocycles. The molecule has 0 aromatic rings. The number of likely N-dealkylation sites (N-methyl/N-ethyl adjacent to an activating group) is 1. The van der Waals surface area contributed by atoms with E-state index >= 15 is 0 Å². The van der Waals surface area contributed by atoms with E-state index in [1.54, 1.807) is 7.11 Å². The number of nitrogens with zero attached hydrogens (tertiary/aromatic N) is 2. The van der Waals surface area contributed by atoms with Crippen molar-refractivity contribution >= 4 is 5.96 Å². The molecule has 0 aromatic heterocycles. The Labute approximate surface area is 135 Å². The van der Waals surface area contributed by atoms with Gasteiger partial charge in [-0.25, -0.2) is 0 Å². The Kier molecular flexibility index (Phi) is 11.1. The summed E-state index contributed by atoms with van der Waals surface area (Å²) in [7, 11) is 1.69. The van der Waals surface area contributed by atoms with Crippen LogP contribution in [-0.4, -0.2) is 76.6 Å². The minimum Gasteiger partial charge on any atom is -0.382 e. The average Bonchev–Trinajstić information content (AvgIpc) is 3.35. The van der Waals surface area contributed by atoms with Crippen LogP contribution in [0.5, 0.6) is 0 Å². The first kappa shape index (κ1) is 19.2. The molecule has 0 heterocycles. The molecule has 0 saturated heterocycles. The molecule has 1 rings (SSSR count). The zero-order valence-electron chi connectivity index (χ0n) is 14.6. The highest BCUT2D eigenvalue weighted by atomic mass is 16.5. The van der Waals surface area contributed by atoms with Gasteiger partial charge in [0.15, 0.2) is 5.96 Å². The monoisotopic (exact) mass is 314 g/mol. The fourth-order valence-electron chi connectivity index (χ4n) is 2.30. The second-order valence-electron chi connectivity index (χ2n) is 5.51. The summed E-state index contributed by atoms with van der Waals surface area (Å²) in [5.74, 6) is 0.909. The maximum absolute atomic E-state index is 5.43. The summed E-state index contributed by atoms with van der Waals surface area (Å²) in [6, 6.07) is 0.829. The third kappa shape index (κ3) is 9.23. The Morgan fingerprint density at radius 2 is 2.00 bits per heavy atom. The van der Waals surface area contributed by atoms with Gasteiger partial charge in [-0.1, -0.05) is 6.92 Å². The summed E-state index contributed by atoms with van der Waals surface area (Å²) < 4.78 is 10.4. The van der Waals surface area contributed by atoms with Crippen LogP contribution in [0, 0.1) is 0 Å². The van der Waals surface area contributed by atoms with Crippen molar-refractivity contribution in [3.8, 4) is 0 Å². The molecule has 1 fully saturated rings. The molecule has 0 atom stereocenters. The molecule has 0 aromatic carbocycles. The van der Waals surface area contributed by atoms with Crippen LogP contribution in [0.2, 0.25) is 0 Å². The Hall–Kier alpha value is -0.850. The van der Waals surface area contributed by atoms with Gasteiger partial charge in [0.05, 0.1) is 13.2 Å². The summed E-state index contributed by atoms with van der Waals surface area (Å²) in [6.07, 6.45) is 3.67. The molecule has 0 radical (unpaired) electrons. The SMILES string of the molecule is CCNC(=NCCCOCCOC)NCCN(CC)C1CC1. The number of ether oxygens (including phenoxy) is 2. The van der Waals surface area contributed by atoms with Crippen molar-refractivity contribution in [2.45, 2.75) is 39.2 Å². The van der Waals surface area contributed by atoms with Gasteiger partial charge in [0, 0.05) is 45.9 Å². The number of aliphatic imine (C=N–C) groups is 1. The Bertz CT molecular complexity index is 296. The summed E-state index contributed by atoms with van der Waals surface area (Å²) in [5.41, 5.74) is 0. The zero-order chi connectivity index (χ0) is 16.0. The molecular formula is C16H34N4O2. The highest BCUT2D eigenvalue weighted by Gasteiger charge is 2.27. The van der Waals surface area contributed by atoms with Crippen LogP contribution in [0.15, 0.2) is 4.99 Å². The highest BCUT2D eigenvalue weighted by Crippen LogP contribution is 2.25. The molecule has 2 N–H and O–H groups in total. The van der Waals surface area contributed by atoms with Gasteiger partial charge in [0.25, 0.3) is 0 Å². The van der Waals surface area contributed by atoms with E-state index in [0.29, 0.717) is 13.2 Å². The standard InChI is InChI=1S/C16H34N4O2/c1-4-17-16(18-9-6-12-22-14-13-21-3)19-10-11-20(5-2)15-7-8-15/h15H,4-14H2,1-3H3,(H2,17,18,19). The van der Waals surface area contributed by atoms with Gasteiger partial charge in [0.1, 0.15) is 0 Å². The van der Waals surface area contributed by atoms with Crippen LogP contribution >= 0.6 is 0 Å². The summed E-state index contributed by atoms with van der Waals surface area (Å²) in [4.78, 5) is 7.12. The highest BCUT2D eigenvalue weighted by molar-refractivity contribution is 5.79. The summed E-state index contributed by atoms with van der Waals surface area (Å²) in [6.45, 7) is 11.2. The number of nitrogens with one attached hydrogen (secondary N) is 2. The maximum atomic E-state index is 5.43. The Morgan fingerprint density at radius 1 is 1.18 bits per heavy atom. The van der Waals surface area contributed by atoms with Crippen LogP contribution in [0.1, 0.15) is 33.1 Å². The number of hydrogen-bond donors (Lipinski definition) is 2. The molecule has 1 aliphatic rings. The summed E-state index contributed by atoms with van der Waals surface area (Å²) >= 11 is 0. The Morgan fingerprint density at radius 3 is 2.64 bits per heavy atom. The first-order chi connectivity index (χ1) is 10.8. The van der Waals surface area contributed by atoms with Gasteiger partial charge in [-0.3, -0.25) is 9.89 Å². The lowest BCUT2D eigenvalue weighted by molar-refractivity contribution is 0.0702. The van der Waals surface area contributed by atoms with Crippen LogP contribution in [-0.2, 0) is 9.47 Å². The molecular weight excluding hydrogens is 280 g/mol. The van der Waals surface area contributed by atoms with E-state index in [-0.39, 0.29) is 0 Å².